The number of furan rings is 1. The second-order valence-electron chi connectivity index (χ2n) is 8.15. The molecule has 3 heterocycles. The zero-order valence-corrected chi connectivity index (χ0v) is 17.4. The number of nitrogens with zero attached hydrogens (tertiary/aromatic N) is 1. The summed E-state index contributed by atoms with van der Waals surface area (Å²) in [5.41, 5.74) is 4.01. The second kappa shape index (κ2) is 7.91. The Balaban J connectivity index is 1.26. The van der Waals surface area contributed by atoms with Crippen LogP contribution in [-0.2, 0) is 0 Å². The van der Waals surface area contributed by atoms with Crippen molar-refractivity contribution in [2.24, 2.45) is 0 Å². The van der Waals surface area contributed by atoms with E-state index in [1.807, 2.05) is 29.2 Å². The van der Waals surface area contributed by atoms with Gasteiger partial charge in [-0.2, -0.15) is 0 Å². The van der Waals surface area contributed by atoms with Crippen LogP contribution in [0.15, 0.2) is 71.3 Å². The fraction of sp³-hybridized carbons (Fsp3) is 0.231. The number of piperidine rings is 1. The lowest BCUT2D eigenvalue weighted by Gasteiger charge is -2.31. The first-order chi connectivity index (χ1) is 15.1. The van der Waals surface area contributed by atoms with Gasteiger partial charge < -0.3 is 14.3 Å². The minimum Gasteiger partial charge on any atom is -0.451 e. The molecule has 5 rings (SSSR count). The van der Waals surface area contributed by atoms with Crippen LogP contribution >= 0.6 is 0 Å². The molecule has 1 aliphatic heterocycles. The molecule has 5 nitrogen and oxygen atoms in total. The number of nitrogens with one attached hydrogen (secondary N) is 1. The van der Waals surface area contributed by atoms with Crippen LogP contribution in [0.2, 0.25) is 0 Å². The van der Waals surface area contributed by atoms with E-state index in [1.165, 1.54) is 10.9 Å². The number of fused-ring (bicyclic) bond motifs is 1. The van der Waals surface area contributed by atoms with E-state index in [0.717, 1.165) is 23.9 Å². The number of carbonyl (C=O) groups excluding carboxylic acids is 2. The van der Waals surface area contributed by atoms with E-state index >= 15 is 0 Å². The highest BCUT2D eigenvalue weighted by atomic mass is 16.4. The Morgan fingerprint density at radius 2 is 1.71 bits per heavy atom. The maximum Gasteiger partial charge on any atom is 0.289 e. The molecule has 1 N–H and O–H groups in total. The molecule has 2 aromatic carbocycles. The fourth-order valence-corrected chi connectivity index (χ4v) is 4.46. The van der Waals surface area contributed by atoms with E-state index in [9.17, 15) is 9.59 Å². The van der Waals surface area contributed by atoms with Gasteiger partial charge in [-0.1, -0.05) is 42.5 Å². The number of aromatic nitrogens is 1. The number of benzene rings is 2. The van der Waals surface area contributed by atoms with Gasteiger partial charge in [-0.05, 0) is 49.4 Å². The van der Waals surface area contributed by atoms with Crippen LogP contribution < -0.4 is 0 Å². The van der Waals surface area contributed by atoms with Crippen LogP contribution in [0, 0.1) is 0 Å². The number of para-hydroxylation sites is 1. The van der Waals surface area contributed by atoms with Crippen LogP contribution in [0.3, 0.4) is 0 Å². The Hall–Kier alpha value is -3.60. The molecule has 0 aliphatic carbocycles. The Morgan fingerprint density at radius 1 is 0.968 bits per heavy atom. The highest BCUT2D eigenvalue weighted by Crippen LogP contribution is 2.33. The molecular weight excluding hydrogens is 388 g/mol. The SMILES string of the molecule is CC(=O)c1ccc(-c2ccc(C(=O)N3CCC(c4c[nH]c5ccccc45)CC3)o2)cc1. The third-order valence-electron chi connectivity index (χ3n) is 6.24. The molecule has 0 unspecified atom stereocenters. The fourth-order valence-electron chi connectivity index (χ4n) is 4.46. The quantitative estimate of drug-likeness (QED) is 0.441. The number of aromatic amines is 1. The number of amides is 1. The molecule has 0 saturated carbocycles. The summed E-state index contributed by atoms with van der Waals surface area (Å²) in [5.74, 6) is 1.40. The highest BCUT2D eigenvalue weighted by molar-refractivity contribution is 5.94. The molecule has 5 heteroatoms. The van der Waals surface area contributed by atoms with E-state index < -0.39 is 0 Å². The largest absolute Gasteiger partial charge is 0.451 e. The van der Waals surface area contributed by atoms with Crippen molar-refractivity contribution in [3.05, 3.63) is 83.7 Å². The van der Waals surface area contributed by atoms with Crippen LogP contribution in [-0.4, -0.2) is 34.7 Å². The standard InChI is InChI=1S/C26H24N2O3/c1-17(29)18-6-8-20(9-7-18)24-10-11-25(31-24)26(30)28-14-12-19(13-15-28)22-16-27-23-5-3-2-4-21(22)23/h2-11,16,19,27H,12-15H2,1H3. The number of H-pyrrole nitrogens is 1. The number of carbonyl (C=O) groups is 2. The van der Waals surface area contributed by atoms with Gasteiger partial charge in [0.1, 0.15) is 5.76 Å². The summed E-state index contributed by atoms with van der Waals surface area (Å²) < 4.78 is 5.86. The number of likely N-dealkylation sites (tertiary alicyclic amines) is 1. The van der Waals surface area contributed by atoms with Crippen molar-refractivity contribution in [1.29, 1.82) is 0 Å². The Kier molecular flexibility index (Phi) is 4.94. The molecule has 0 radical (unpaired) electrons. The van der Waals surface area contributed by atoms with Crippen LogP contribution in [0.25, 0.3) is 22.2 Å². The van der Waals surface area contributed by atoms with E-state index in [-0.39, 0.29) is 11.7 Å². The van der Waals surface area contributed by atoms with Crippen molar-refractivity contribution in [2.75, 3.05) is 13.1 Å². The van der Waals surface area contributed by atoms with Gasteiger partial charge in [-0.3, -0.25) is 9.59 Å². The second-order valence-corrected chi connectivity index (χ2v) is 8.15. The van der Waals surface area contributed by atoms with Crippen molar-refractivity contribution >= 4 is 22.6 Å². The molecular formula is C26H24N2O3. The molecule has 156 valence electrons. The molecule has 4 aromatic rings. The van der Waals surface area contributed by atoms with Crippen LogP contribution in [0.5, 0.6) is 0 Å². The average molecular weight is 412 g/mol. The van der Waals surface area contributed by atoms with Gasteiger partial charge >= 0.3 is 0 Å². The van der Waals surface area contributed by atoms with E-state index in [2.05, 4.69) is 29.4 Å². The van der Waals surface area contributed by atoms with E-state index in [1.54, 1.807) is 25.1 Å². The Labute approximate surface area is 180 Å². The zero-order chi connectivity index (χ0) is 21.4. The summed E-state index contributed by atoms with van der Waals surface area (Å²) in [7, 11) is 0. The number of hydrogen-bond acceptors (Lipinski definition) is 3. The number of Topliss-reactive ketones (excluding diaryl/α,β-unsaturated/α-hetero) is 1. The molecule has 0 bridgehead atoms. The lowest BCUT2D eigenvalue weighted by Crippen LogP contribution is -2.37. The predicted molar refractivity (Wildman–Crippen MR) is 120 cm³/mol. The maximum atomic E-state index is 13.0. The molecule has 31 heavy (non-hydrogen) atoms. The van der Waals surface area contributed by atoms with Gasteiger partial charge in [0.2, 0.25) is 0 Å². The van der Waals surface area contributed by atoms with Gasteiger partial charge in [0.25, 0.3) is 5.91 Å². The summed E-state index contributed by atoms with van der Waals surface area (Å²) in [6.07, 6.45) is 3.99. The maximum absolute atomic E-state index is 13.0. The lowest BCUT2D eigenvalue weighted by molar-refractivity contribution is 0.0682. The normalized spacial score (nSPS) is 14.8. The molecule has 1 aliphatic rings. The predicted octanol–water partition coefficient (Wildman–Crippen LogP) is 5.65. The molecule has 1 fully saturated rings. The third-order valence-corrected chi connectivity index (χ3v) is 6.24. The smallest absolute Gasteiger partial charge is 0.289 e. The van der Waals surface area contributed by atoms with Crippen molar-refractivity contribution < 1.29 is 14.0 Å². The van der Waals surface area contributed by atoms with Gasteiger partial charge in [-0.15, -0.1) is 0 Å². The van der Waals surface area contributed by atoms with Gasteiger partial charge in [0.15, 0.2) is 11.5 Å². The molecule has 1 saturated heterocycles. The minimum atomic E-state index is -0.0658. The van der Waals surface area contributed by atoms with Gasteiger partial charge in [0, 0.05) is 41.3 Å². The van der Waals surface area contributed by atoms with Crippen molar-refractivity contribution in [1.82, 2.24) is 9.88 Å². The summed E-state index contributed by atoms with van der Waals surface area (Å²) >= 11 is 0. The summed E-state index contributed by atoms with van der Waals surface area (Å²) in [4.78, 5) is 29.7. The Morgan fingerprint density at radius 3 is 2.45 bits per heavy atom. The van der Waals surface area contributed by atoms with Gasteiger partial charge in [0.05, 0.1) is 0 Å². The molecule has 1 amide bonds. The van der Waals surface area contributed by atoms with Crippen molar-refractivity contribution in [3.8, 4) is 11.3 Å². The Bertz CT molecular complexity index is 1240. The topological polar surface area (TPSA) is 66.3 Å². The van der Waals surface area contributed by atoms with E-state index in [0.29, 0.717) is 36.1 Å². The minimum absolute atomic E-state index is 0.0258. The number of ketones is 1. The molecule has 0 spiro atoms. The van der Waals surface area contributed by atoms with E-state index in [4.69, 9.17) is 4.42 Å². The molecule has 2 aromatic heterocycles. The third kappa shape index (κ3) is 3.67. The average Bonchev–Trinajstić information content (AvgIpc) is 3.47. The van der Waals surface area contributed by atoms with Crippen molar-refractivity contribution in [3.63, 3.8) is 0 Å². The summed E-state index contributed by atoms with van der Waals surface area (Å²) in [6.45, 7) is 2.97. The lowest BCUT2D eigenvalue weighted by atomic mass is 9.89. The highest BCUT2D eigenvalue weighted by Gasteiger charge is 2.27. The monoisotopic (exact) mass is 412 g/mol. The first-order valence-corrected chi connectivity index (χ1v) is 10.7. The zero-order valence-electron chi connectivity index (χ0n) is 17.4. The van der Waals surface area contributed by atoms with Crippen molar-refractivity contribution in [2.45, 2.75) is 25.7 Å². The first kappa shape index (κ1) is 19.4. The van der Waals surface area contributed by atoms with Gasteiger partial charge in [-0.25, -0.2) is 0 Å². The van der Waals surface area contributed by atoms with Crippen LogP contribution in [0.4, 0.5) is 0 Å². The number of rotatable bonds is 4. The first-order valence-electron chi connectivity index (χ1n) is 10.7. The number of hydrogen-bond donors (Lipinski definition) is 1. The molecule has 0 atom stereocenters. The van der Waals surface area contributed by atoms with Crippen LogP contribution in [0.1, 0.15) is 52.2 Å². The summed E-state index contributed by atoms with van der Waals surface area (Å²) in [6, 6.07) is 19.2. The summed E-state index contributed by atoms with van der Waals surface area (Å²) in [5, 5.41) is 1.28.